The largest absolute Gasteiger partial charge is 0.460 e. The van der Waals surface area contributed by atoms with Gasteiger partial charge in [-0.1, -0.05) is 6.07 Å². The number of piperidine rings is 1. The van der Waals surface area contributed by atoms with Crippen LogP contribution in [0, 0.1) is 11.6 Å². The van der Waals surface area contributed by atoms with E-state index in [0.717, 1.165) is 12.1 Å². The summed E-state index contributed by atoms with van der Waals surface area (Å²) in [7, 11) is 0. The van der Waals surface area contributed by atoms with Gasteiger partial charge in [0.15, 0.2) is 0 Å². The van der Waals surface area contributed by atoms with Crippen LogP contribution in [0.4, 0.5) is 19.3 Å². The van der Waals surface area contributed by atoms with Crippen molar-refractivity contribution in [3.05, 3.63) is 48.3 Å². The Morgan fingerprint density at radius 1 is 1.12 bits per heavy atom. The van der Waals surface area contributed by atoms with E-state index < -0.39 is 23.4 Å². The molecule has 1 aromatic heterocycles. The van der Waals surface area contributed by atoms with Crippen LogP contribution in [0.5, 0.6) is 6.01 Å². The summed E-state index contributed by atoms with van der Waals surface area (Å²) < 4.78 is 32.8. The van der Waals surface area contributed by atoms with E-state index in [1.54, 1.807) is 18.5 Å². The summed E-state index contributed by atoms with van der Waals surface area (Å²) in [5.74, 6) is -1.61. The van der Waals surface area contributed by atoms with E-state index in [1.807, 2.05) is 0 Å². The number of nitrogens with one attached hydrogen (secondary N) is 1. The lowest BCUT2D eigenvalue weighted by molar-refractivity contribution is 0.107. The van der Waals surface area contributed by atoms with Gasteiger partial charge >= 0.3 is 12.0 Å². The first-order valence-corrected chi connectivity index (χ1v) is 7.57. The van der Waals surface area contributed by atoms with Gasteiger partial charge in [-0.2, -0.15) is 0 Å². The van der Waals surface area contributed by atoms with Gasteiger partial charge in [0.1, 0.15) is 23.4 Å². The van der Waals surface area contributed by atoms with Crippen molar-refractivity contribution >= 4 is 11.7 Å². The van der Waals surface area contributed by atoms with E-state index in [2.05, 4.69) is 15.3 Å². The van der Waals surface area contributed by atoms with Gasteiger partial charge in [-0.25, -0.2) is 23.5 Å². The van der Waals surface area contributed by atoms with Crippen molar-refractivity contribution in [2.24, 2.45) is 0 Å². The summed E-state index contributed by atoms with van der Waals surface area (Å²) in [5, 5.41) is 2.28. The molecule has 0 unspecified atom stereocenters. The van der Waals surface area contributed by atoms with Crippen LogP contribution >= 0.6 is 0 Å². The summed E-state index contributed by atoms with van der Waals surface area (Å²) in [6.07, 6.45) is 4.26. The van der Waals surface area contributed by atoms with Crippen LogP contribution < -0.4 is 10.1 Å². The summed E-state index contributed by atoms with van der Waals surface area (Å²) >= 11 is 0. The molecule has 0 radical (unpaired) electrons. The molecule has 1 N–H and O–H groups in total. The highest BCUT2D eigenvalue weighted by atomic mass is 19.1. The van der Waals surface area contributed by atoms with Crippen LogP contribution in [0.1, 0.15) is 12.8 Å². The van der Waals surface area contributed by atoms with Gasteiger partial charge in [-0.3, -0.25) is 0 Å². The Labute approximate surface area is 137 Å². The maximum absolute atomic E-state index is 13.6. The molecule has 24 heavy (non-hydrogen) atoms. The normalized spacial score (nSPS) is 15.2. The number of halogens is 2. The first kappa shape index (κ1) is 16.1. The Balaban J connectivity index is 1.54. The predicted molar refractivity (Wildman–Crippen MR) is 82.6 cm³/mol. The van der Waals surface area contributed by atoms with E-state index >= 15 is 0 Å². The average Bonchev–Trinajstić information content (AvgIpc) is 2.60. The summed E-state index contributed by atoms with van der Waals surface area (Å²) in [5.41, 5.74) is -0.432. The first-order chi connectivity index (χ1) is 11.6. The molecule has 1 aromatic carbocycles. The van der Waals surface area contributed by atoms with Crippen molar-refractivity contribution in [1.29, 1.82) is 0 Å². The molecule has 6 nitrogen and oxygen atoms in total. The summed E-state index contributed by atoms with van der Waals surface area (Å²) in [6.45, 7) is 0.832. The molecule has 1 saturated heterocycles. The number of anilines is 1. The van der Waals surface area contributed by atoms with Crippen molar-refractivity contribution in [3.63, 3.8) is 0 Å². The number of aromatic nitrogens is 2. The third-order valence-corrected chi connectivity index (χ3v) is 3.74. The molecule has 0 atom stereocenters. The zero-order chi connectivity index (χ0) is 16.9. The third kappa shape index (κ3) is 3.76. The molecule has 2 aromatic rings. The van der Waals surface area contributed by atoms with Gasteiger partial charge in [0, 0.05) is 38.3 Å². The molecule has 8 heteroatoms. The van der Waals surface area contributed by atoms with E-state index in [-0.39, 0.29) is 6.10 Å². The first-order valence-electron chi connectivity index (χ1n) is 7.57. The van der Waals surface area contributed by atoms with Crippen molar-refractivity contribution in [2.45, 2.75) is 18.9 Å². The predicted octanol–water partition coefficient (Wildman–Crippen LogP) is 2.83. The van der Waals surface area contributed by atoms with E-state index in [1.165, 1.54) is 11.0 Å². The van der Waals surface area contributed by atoms with Crippen LogP contribution in [0.15, 0.2) is 36.7 Å². The fraction of sp³-hybridized carbons (Fsp3) is 0.312. The minimum atomic E-state index is -0.803. The number of rotatable bonds is 3. The number of hydrogen-bond donors (Lipinski definition) is 1. The number of likely N-dealkylation sites (tertiary alicyclic amines) is 1. The van der Waals surface area contributed by atoms with Gasteiger partial charge in [-0.15, -0.1) is 0 Å². The second-order valence-electron chi connectivity index (χ2n) is 5.36. The lowest BCUT2D eigenvalue weighted by Crippen LogP contribution is -2.44. The molecule has 0 spiro atoms. The molecule has 1 fully saturated rings. The molecule has 126 valence electrons. The number of para-hydroxylation sites is 1. The molecule has 3 rings (SSSR count). The van der Waals surface area contributed by atoms with Crippen LogP contribution in [0.2, 0.25) is 0 Å². The molecule has 1 aliphatic heterocycles. The Morgan fingerprint density at radius 2 is 1.75 bits per heavy atom. The molecule has 0 saturated carbocycles. The third-order valence-electron chi connectivity index (χ3n) is 3.74. The smallest absolute Gasteiger partial charge is 0.322 e. The molecule has 2 heterocycles. The van der Waals surface area contributed by atoms with Gasteiger partial charge in [0.2, 0.25) is 0 Å². The van der Waals surface area contributed by atoms with Crippen LogP contribution in [0.25, 0.3) is 0 Å². The van der Waals surface area contributed by atoms with Crippen LogP contribution in [-0.4, -0.2) is 40.1 Å². The Morgan fingerprint density at radius 3 is 2.38 bits per heavy atom. The SMILES string of the molecule is O=C(Nc1c(F)cccc1F)N1CCC(Oc2ncccn2)CC1. The van der Waals surface area contributed by atoms with Crippen molar-refractivity contribution in [2.75, 3.05) is 18.4 Å². The number of carbonyl (C=O) groups is 1. The number of hydrogen-bond acceptors (Lipinski definition) is 4. The number of urea groups is 1. The van der Waals surface area contributed by atoms with E-state index in [4.69, 9.17) is 4.74 Å². The second-order valence-corrected chi connectivity index (χ2v) is 5.36. The monoisotopic (exact) mass is 334 g/mol. The number of carbonyl (C=O) groups excluding carboxylic acids is 1. The quantitative estimate of drug-likeness (QED) is 0.937. The minimum absolute atomic E-state index is 0.0957. The topological polar surface area (TPSA) is 67.4 Å². The van der Waals surface area contributed by atoms with Crippen molar-refractivity contribution < 1.29 is 18.3 Å². The number of benzene rings is 1. The zero-order valence-corrected chi connectivity index (χ0v) is 12.8. The summed E-state index contributed by atoms with van der Waals surface area (Å²) in [6, 6.07) is 4.90. The fourth-order valence-electron chi connectivity index (χ4n) is 2.48. The molecular formula is C16H16F2N4O2. The molecule has 1 aliphatic rings. The lowest BCUT2D eigenvalue weighted by Gasteiger charge is -2.31. The molecule has 0 aliphatic carbocycles. The average molecular weight is 334 g/mol. The van der Waals surface area contributed by atoms with Crippen molar-refractivity contribution in [1.82, 2.24) is 14.9 Å². The van der Waals surface area contributed by atoms with E-state index in [9.17, 15) is 13.6 Å². The molecule has 0 bridgehead atoms. The lowest BCUT2D eigenvalue weighted by atomic mass is 10.1. The second kappa shape index (κ2) is 7.20. The van der Waals surface area contributed by atoms with Gasteiger partial charge in [0.25, 0.3) is 0 Å². The van der Waals surface area contributed by atoms with Gasteiger partial charge < -0.3 is 15.0 Å². The molecular weight excluding hydrogens is 318 g/mol. The zero-order valence-electron chi connectivity index (χ0n) is 12.8. The summed E-state index contributed by atoms with van der Waals surface area (Å²) in [4.78, 5) is 21.6. The van der Waals surface area contributed by atoms with Crippen molar-refractivity contribution in [3.8, 4) is 6.01 Å². The Hall–Kier alpha value is -2.77. The van der Waals surface area contributed by atoms with Gasteiger partial charge in [0.05, 0.1) is 0 Å². The van der Waals surface area contributed by atoms with Crippen LogP contribution in [0.3, 0.4) is 0 Å². The molecule has 2 amide bonds. The highest BCUT2D eigenvalue weighted by Crippen LogP contribution is 2.20. The maximum Gasteiger partial charge on any atom is 0.322 e. The highest BCUT2D eigenvalue weighted by molar-refractivity contribution is 5.89. The standard InChI is InChI=1S/C16H16F2N4O2/c17-12-3-1-4-13(18)14(12)21-16(23)22-9-5-11(6-10-22)24-15-19-7-2-8-20-15/h1-4,7-8,11H,5-6,9-10H2,(H,21,23). The number of ether oxygens (including phenoxy) is 1. The maximum atomic E-state index is 13.6. The fourth-order valence-corrected chi connectivity index (χ4v) is 2.48. The van der Waals surface area contributed by atoms with Gasteiger partial charge in [-0.05, 0) is 18.2 Å². The Kier molecular flexibility index (Phi) is 4.83. The number of nitrogens with zero attached hydrogens (tertiary/aromatic N) is 3. The van der Waals surface area contributed by atoms with Crippen LogP contribution in [-0.2, 0) is 0 Å². The number of amides is 2. The Bertz CT molecular complexity index is 686. The highest BCUT2D eigenvalue weighted by Gasteiger charge is 2.25. The van der Waals surface area contributed by atoms with E-state index in [0.29, 0.717) is 31.9 Å². The minimum Gasteiger partial charge on any atom is -0.460 e.